The van der Waals surface area contributed by atoms with Crippen LogP contribution >= 0.6 is 0 Å². The number of aliphatic carboxylic acids is 1. The summed E-state index contributed by atoms with van der Waals surface area (Å²) in [5, 5.41) is 11.7. The van der Waals surface area contributed by atoms with E-state index in [4.69, 9.17) is 5.11 Å². The summed E-state index contributed by atoms with van der Waals surface area (Å²) in [7, 11) is 0. The van der Waals surface area contributed by atoms with E-state index < -0.39 is 5.97 Å². The highest BCUT2D eigenvalue weighted by molar-refractivity contribution is 5.94. The molecule has 0 bridgehead atoms. The van der Waals surface area contributed by atoms with Gasteiger partial charge >= 0.3 is 5.97 Å². The number of carbonyl (C=O) groups is 2. The summed E-state index contributed by atoms with van der Waals surface area (Å²) in [6, 6.07) is 3.47. The average Bonchev–Trinajstić information content (AvgIpc) is 2.89. The van der Waals surface area contributed by atoms with Crippen molar-refractivity contribution in [1.82, 2.24) is 10.3 Å². The number of amides is 1. The van der Waals surface area contributed by atoms with Crippen LogP contribution in [-0.4, -0.2) is 41.6 Å². The highest BCUT2D eigenvalue weighted by Gasteiger charge is 2.28. The molecule has 1 saturated heterocycles. The van der Waals surface area contributed by atoms with Crippen LogP contribution in [0.5, 0.6) is 0 Å². The lowest BCUT2D eigenvalue weighted by Gasteiger charge is -2.16. The van der Waals surface area contributed by atoms with Crippen molar-refractivity contribution in [2.45, 2.75) is 13.3 Å². The Labute approximate surface area is 111 Å². The highest BCUT2D eigenvalue weighted by Crippen LogP contribution is 2.22. The number of hydrogen-bond acceptors (Lipinski definition) is 4. The Morgan fingerprint density at radius 3 is 2.84 bits per heavy atom. The molecule has 1 amide bonds. The van der Waals surface area contributed by atoms with Gasteiger partial charge in [0.05, 0.1) is 11.5 Å². The molecule has 1 aromatic heterocycles. The number of nitrogens with one attached hydrogen (secondary N) is 1. The van der Waals surface area contributed by atoms with E-state index in [2.05, 4.69) is 10.3 Å². The van der Waals surface area contributed by atoms with Crippen LogP contribution in [0.1, 0.15) is 23.7 Å². The molecule has 2 N–H and O–H groups in total. The molecule has 0 saturated carbocycles. The number of rotatable bonds is 4. The first-order chi connectivity index (χ1) is 9.11. The standard InChI is InChI=1S/C13H17N3O3/c1-2-14-12(17)9-3-4-11(15-7-9)16-6-5-10(8-16)13(18)19/h3-4,7,10H,2,5-6,8H2,1H3,(H,14,17)(H,18,19). The van der Waals surface area contributed by atoms with Gasteiger partial charge in [-0.05, 0) is 25.5 Å². The third kappa shape index (κ3) is 3.01. The van der Waals surface area contributed by atoms with Gasteiger partial charge in [0.15, 0.2) is 0 Å². The van der Waals surface area contributed by atoms with Gasteiger partial charge in [0.25, 0.3) is 5.91 Å². The molecule has 102 valence electrons. The molecule has 0 radical (unpaired) electrons. The molecule has 6 heteroatoms. The van der Waals surface area contributed by atoms with Crippen molar-refractivity contribution in [3.8, 4) is 0 Å². The van der Waals surface area contributed by atoms with Crippen LogP contribution in [0, 0.1) is 5.92 Å². The molecular formula is C13H17N3O3. The van der Waals surface area contributed by atoms with E-state index in [-0.39, 0.29) is 11.8 Å². The fraction of sp³-hybridized carbons (Fsp3) is 0.462. The lowest BCUT2D eigenvalue weighted by atomic mass is 10.1. The SMILES string of the molecule is CCNC(=O)c1ccc(N2CCC(C(=O)O)C2)nc1. The first kappa shape index (κ1) is 13.3. The molecule has 1 aromatic rings. The highest BCUT2D eigenvalue weighted by atomic mass is 16.4. The molecule has 1 fully saturated rings. The third-order valence-corrected chi connectivity index (χ3v) is 3.21. The number of carboxylic acid groups (broad SMARTS) is 1. The minimum atomic E-state index is -0.763. The Kier molecular flexibility index (Phi) is 3.99. The zero-order chi connectivity index (χ0) is 13.8. The van der Waals surface area contributed by atoms with E-state index in [1.807, 2.05) is 11.8 Å². The normalized spacial score (nSPS) is 18.4. The number of carbonyl (C=O) groups excluding carboxylic acids is 1. The lowest BCUT2D eigenvalue weighted by Crippen LogP contribution is -2.25. The third-order valence-electron chi connectivity index (χ3n) is 3.21. The fourth-order valence-corrected chi connectivity index (χ4v) is 2.14. The van der Waals surface area contributed by atoms with E-state index in [0.29, 0.717) is 31.6 Å². The summed E-state index contributed by atoms with van der Waals surface area (Å²) in [6.07, 6.45) is 2.16. The Bertz CT molecular complexity index is 473. The minimum absolute atomic E-state index is 0.147. The van der Waals surface area contributed by atoms with Crippen LogP contribution in [0.4, 0.5) is 5.82 Å². The van der Waals surface area contributed by atoms with E-state index in [1.54, 1.807) is 12.1 Å². The first-order valence-electron chi connectivity index (χ1n) is 6.33. The van der Waals surface area contributed by atoms with Gasteiger partial charge in [0.2, 0.25) is 0 Å². The summed E-state index contributed by atoms with van der Waals surface area (Å²) in [5.74, 6) is -0.519. The smallest absolute Gasteiger partial charge is 0.308 e. The van der Waals surface area contributed by atoms with E-state index in [1.165, 1.54) is 6.20 Å². The largest absolute Gasteiger partial charge is 0.481 e. The number of pyridine rings is 1. The second-order valence-electron chi connectivity index (χ2n) is 4.53. The number of hydrogen-bond donors (Lipinski definition) is 2. The molecular weight excluding hydrogens is 246 g/mol. The van der Waals surface area contributed by atoms with Crippen molar-refractivity contribution in [3.05, 3.63) is 23.9 Å². The van der Waals surface area contributed by atoms with Gasteiger partial charge in [0, 0.05) is 25.8 Å². The Morgan fingerprint density at radius 1 is 1.53 bits per heavy atom. The number of aromatic nitrogens is 1. The zero-order valence-electron chi connectivity index (χ0n) is 10.8. The van der Waals surface area contributed by atoms with Gasteiger partial charge < -0.3 is 15.3 Å². The molecule has 19 heavy (non-hydrogen) atoms. The Balaban J connectivity index is 2.03. The van der Waals surface area contributed by atoms with Crippen molar-refractivity contribution in [2.75, 3.05) is 24.5 Å². The molecule has 1 atom stereocenters. The van der Waals surface area contributed by atoms with Crippen molar-refractivity contribution < 1.29 is 14.7 Å². The monoisotopic (exact) mass is 263 g/mol. The Hall–Kier alpha value is -2.11. The molecule has 0 spiro atoms. The number of carboxylic acids is 1. The fourth-order valence-electron chi connectivity index (χ4n) is 2.14. The van der Waals surface area contributed by atoms with E-state index >= 15 is 0 Å². The van der Waals surface area contributed by atoms with Crippen LogP contribution in [0.2, 0.25) is 0 Å². The van der Waals surface area contributed by atoms with E-state index in [9.17, 15) is 9.59 Å². The van der Waals surface area contributed by atoms with Crippen molar-refractivity contribution >= 4 is 17.7 Å². The molecule has 0 aromatic carbocycles. The summed E-state index contributed by atoms with van der Waals surface area (Å²) in [5.41, 5.74) is 0.514. The quantitative estimate of drug-likeness (QED) is 0.837. The minimum Gasteiger partial charge on any atom is -0.481 e. The summed E-state index contributed by atoms with van der Waals surface area (Å²) in [4.78, 5) is 28.6. The molecule has 1 aliphatic rings. The van der Waals surface area contributed by atoms with Gasteiger partial charge in [-0.1, -0.05) is 0 Å². The van der Waals surface area contributed by atoms with Gasteiger partial charge in [-0.25, -0.2) is 4.98 Å². The maximum atomic E-state index is 11.6. The van der Waals surface area contributed by atoms with Gasteiger partial charge in [0.1, 0.15) is 5.82 Å². The molecule has 2 heterocycles. The predicted molar refractivity (Wildman–Crippen MR) is 70.2 cm³/mol. The lowest BCUT2D eigenvalue weighted by molar-refractivity contribution is -0.140. The summed E-state index contributed by atoms with van der Waals surface area (Å²) >= 11 is 0. The van der Waals surface area contributed by atoms with E-state index in [0.717, 1.165) is 5.82 Å². The average molecular weight is 263 g/mol. The predicted octanol–water partition coefficient (Wildman–Crippen LogP) is 0.742. The maximum Gasteiger partial charge on any atom is 0.308 e. The maximum absolute atomic E-state index is 11.6. The van der Waals surface area contributed by atoms with Crippen molar-refractivity contribution in [3.63, 3.8) is 0 Å². The van der Waals surface area contributed by atoms with Crippen LogP contribution in [0.15, 0.2) is 18.3 Å². The van der Waals surface area contributed by atoms with Crippen molar-refractivity contribution in [1.29, 1.82) is 0 Å². The second kappa shape index (κ2) is 5.69. The Morgan fingerprint density at radius 2 is 2.32 bits per heavy atom. The molecule has 1 aliphatic heterocycles. The summed E-state index contributed by atoms with van der Waals surface area (Å²) in [6.45, 7) is 3.59. The van der Waals surface area contributed by atoms with Gasteiger partial charge in [-0.2, -0.15) is 0 Å². The molecule has 2 rings (SSSR count). The number of nitrogens with zero attached hydrogens (tertiary/aromatic N) is 2. The number of anilines is 1. The van der Waals surface area contributed by atoms with Crippen LogP contribution in [-0.2, 0) is 4.79 Å². The topological polar surface area (TPSA) is 82.5 Å². The van der Waals surface area contributed by atoms with Crippen LogP contribution in [0.25, 0.3) is 0 Å². The zero-order valence-corrected chi connectivity index (χ0v) is 10.8. The molecule has 0 aliphatic carbocycles. The van der Waals surface area contributed by atoms with Crippen LogP contribution in [0.3, 0.4) is 0 Å². The van der Waals surface area contributed by atoms with Crippen molar-refractivity contribution in [2.24, 2.45) is 5.92 Å². The molecule has 6 nitrogen and oxygen atoms in total. The van der Waals surface area contributed by atoms with Crippen LogP contribution < -0.4 is 10.2 Å². The first-order valence-corrected chi connectivity index (χ1v) is 6.33. The van der Waals surface area contributed by atoms with Gasteiger partial charge in [-0.15, -0.1) is 0 Å². The van der Waals surface area contributed by atoms with Gasteiger partial charge in [-0.3, -0.25) is 9.59 Å². The molecule has 1 unspecified atom stereocenters. The second-order valence-corrected chi connectivity index (χ2v) is 4.53. The summed E-state index contributed by atoms with van der Waals surface area (Å²) < 4.78 is 0.